The number of esters is 1. The Hall–Kier alpha value is -2.10. The predicted octanol–water partition coefficient (Wildman–Crippen LogP) is 2.79. The summed E-state index contributed by atoms with van der Waals surface area (Å²) in [5.74, 6) is -0.582. The first kappa shape index (κ1) is 16.0. The summed E-state index contributed by atoms with van der Waals surface area (Å²) in [6.45, 7) is 9.32. The number of hydrogen-bond acceptors (Lipinski definition) is 3. The molecule has 0 atom stereocenters. The maximum atomic E-state index is 12.5. The van der Waals surface area contributed by atoms with Gasteiger partial charge in [-0.25, -0.2) is 4.79 Å². The minimum absolute atomic E-state index is 0.0752. The Morgan fingerprint density at radius 1 is 1.20 bits per heavy atom. The number of carbonyl (C=O) groups excluding carboxylic acids is 2. The number of benzene rings is 1. The highest BCUT2D eigenvalue weighted by Crippen LogP contribution is 2.24. The Labute approximate surface area is 120 Å². The Kier molecular flexibility index (Phi) is 5.08. The van der Waals surface area contributed by atoms with Crippen LogP contribution in [0.4, 0.5) is 5.69 Å². The van der Waals surface area contributed by atoms with E-state index in [9.17, 15) is 9.59 Å². The van der Waals surface area contributed by atoms with Crippen molar-refractivity contribution in [3.05, 3.63) is 42.5 Å². The first-order valence-corrected chi connectivity index (χ1v) is 6.40. The summed E-state index contributed by atoms with van der Waals surface area (Å²) in [5, 5.41) is 0. The fourth-order valence-electron chi connectivity index (χ4n) is 1.69. The molecule has 1 rings (SSSR count). The van der Waals surface area contributed by atoms with E-state index in [0.29, 0.717) is 0 Å². The van der Waals surface area contributed by atoms with Gasteiger partial charge in [0.1, 0.15) is 0 Å². The van der Waals surface area contributed by atoms with E-state index >= 15 is 0 Å². The van der Waals surface area contributed by atoms with Crippen molar-refractivity contribution in [2.75, 3.05) is 18.6 Å². The van der Waals surface area contributed by atoms with Gasteiger partial charge in [0.15, 0.2) is 0 Å². The van der Waals surface area contributed by atoms with Gasteiger partial charge >= 0.3 is 5.97 Å². The van der Waals surface area contributed by atoms with Gasteiger partial charge in [-0.3, -0.25) is 4.79 Å². The van der Waals surface area contributed by atoms with Gasteiger partial charge in [0.2, 0.25) is 5.91 Å². The zero-order valence-corrected chi connectivity index (χ0v) is 12.5. The van der Waals surface area contributed by atoms with Gasteiger partial charge in [0, 0.05) is 16.7 Å². The molecule has 20 heavy (non-hydrogen) atoms. The van der Waals surface area contributed by atoms with Crippen LogP contribution in [0, 0.1) is 5.41 Å². The largest absolute Gasteiger partial charge is 0.466 e. The molecule has 0 bridgehead atoms. The molecule has 0 spiro atoms. The van der Waals surface area contributed by atoms with E-state index in [1.165, 1.54) is 7.11 Å². The predicted molar refractivity (Wildman–Crippen MR) is 79.4 cm³/mol. The lowest BCUT2D eigenvalue weighted by Gasteiger charge is -2.29. The van der Waals surface area contributed by atoms with Crippen molar-refractivity contribution in [1.82, 2.24) is 0 Å². The fraction of sp³-hybridized carbons (Fsp3) is 0.375. The number of carbonyl (C=O) groups is 2. The van der Waals surface area contributed by atoms with Crippen molar-refractivity contribution in [3.8, 4) is 0 Å². The molecule has 0 heterocycles. The highest BCUT2D eigenvalue weighted by molar-refractivity contribution is 5.99. The highest BCUT2D eigenvalue weighted by atomic mass is 16.5. The van der Waals surface area contributed by atoms with Gasteiger partial charge in [-0.05, 0) is 12.1 Å². The van der Waals surface area contributed by atoms with Gasteiger partial charge in [-0.15, -0.1) is 0 Å². The monoisotopic (exact) mass is 275 g/mol. The van der Waals surface area contributed by atoms with Crippen molar-refractivity contribution in [1.29, 1.82) is 0 Å². The molecule has 0 saturated carbocycles. The molecule has 0 aromatic heterocycles. The van der Waals surface area contributed by atoms with E-state index in [1.54, 1.807) is 4.90 Å². The lowest BCUT2D eigenvalue weighted by atomic mass is 9.94. The van der Waals surface area contributed by atoms with Crippen LogP contribution in [0.3, 0.4) is 0 Å². The van der Waals surface area contributed by atoms with Crippen molar-refractivity contribution in [2.24, 2.45) is 5.41 Å². The Morgan fingerprint density at radius 2 is 1.75 bits per heavy atom. The number of hydrogen-bond donors (Lipinski definition) is 0. The quantitative estimate of drug-likeness (QED) is 0.627. The number of rotatable bonds is 4. The Balaban J connectivity index is 3.07. The van der Waals surface area contributed by atoms with Crippen LogP contribution >= 0.6 is 0 Å². The van der Waals surface area contributed by atoms with Gasteiger partial charge < -0.3 is 9.64 Å². The van der Waals surface area contributed by atoms with Crippen molar-refractivity contribution in [2.45, 2.75) is 20.8 Å². The molecule has 0 fully saturated rings. The highest BCUT2D eigenvalue weighted by Gasteiger charge is 2.29. The van der Waals surface area contributed by atoms with Crippen LogP contribution in [-0.2, 0) is 14.3 Å². The van der Waals surface area contributed by atoms with Crippen LogP contribution in [-0.4, -0.2) is 25.5 Å². The molecule has 0 radical (unpaired) electrons. The van der Waals surface area contributed by atoms with Crippen molar-refractivity contribution < 1.29 is 14.3 Å². The summed E-state index contributed by atoms with van der Waals surface area (Å²) in [5.41, 5.74) is 0.429. The summed E-state index contributed by atoms with van der Waals surface area (Å²) < 4.78 is 4.64. The van der Waals surface area contributed by atoms with Crippen LogP contribution in [0.25, 0.3) is 0 Å². The zero-order valence-electron chi connectivity index (χ0n) is 12.5. The number of anilines is 1. The molecule has 1 aromatic rings. The van der Waals surface area contributed by atoms with Crippen LogP contribution in [0.15, 0.2) is 42.5 Å². The number of nitrogens with zero attached hydrogens (tertiary/aromatic N) is 1. The summed E-state index contributed by atoms with van der Waals surface area (Å²) in [4.78, 5) is 25.6. The van der Waals surface area contributed by atoms with Crippen LogP contribution < -0.4 is 4.90 Å². The fourth-order valence-corrected chi connectivity index (χ4v) is 1.69. The van der Waals surface area contributed by atoms with Crippen molar-refractivity contribution in [3.63, 3.8) is 0 Å². The topological polar surface area (TPSA) is 46.6 Å². The van der Waals surface area contributed by atoms with E-state index in [2.05, 4.69) is 11.3 Å². The van der Waals surface area contributed by atoms with E-state index in [4.69, 9.17) is 0 Å². The zero-order chi connectivity index (χ0) is 15.3. The molecule has 1 amide bonds. The van der Waals surface area contributed by atoms with Crippen LogP contribution in [0.1, 0.15) is 20.8 Å². The second-order valence-corrected chi connectivity index (χ2v) is 5.57. The first-order valence-electron chi connectivity index (χ1n) is 6.40. The second kappa shape index (κ2) is 6.37. The van der Waals surface area contributed by atoms with Gasteiger partial charge in [-0.1, -0.05) is 45.5 Å². The number of amides is 1. The minimum Gasteiger partial charge on any atom is -0.466 e. The van der Waals surface area contributed by atoms with Gasteiger partial charge in [-0.2, -0.15) is 0 Å². The molecule has 108 valence electrons. The van der Waals surface area contributed by atoms with E-state index in [-0.39, 0.29) is 18.0 Å². The molecule has 0 N–H and O–H groups in total. The lowest BCUT2D eigenvalue weighted by Crippen LogP contribution is -2.41. The van der Waals surface area contributed by atoms with Gasteiger partial charge in [0.25, 0.3) is 0 Å². The normalized spacial score (nSPS) is 10.8. The molecule has 1 aromatic carbocycles. The molecule has 4 nitrogen and oxygen atoms in total. The number of ether oxygens (including phenoxy) is 1. The third kappa shape index (κ3) is 3.95. The molecule has 0 aliphatic rings. The molecular formula is C16H21NO3. The third-order valence-electron chi connectivity index (χ3n) is 2.78. The third-order valence-corrected chi connectivity index (χ3v) is 2.78. The SMILES string of the molecule is C=C(CN(C(=O)C(C)(C)C)c1ccccc1)C(=O)OC. The summed E-state index contributed by atoms with van der Waals surface area (Å²) in [6, 6.07) is 9.22. The average Bonchev–Trinajstić information content (AvgIpc) is 2.42. The second-order valence-electron chi connectivity index (χ2n) is 5.57. The standard InChI is InChI=1S/C16H21NO3/c1-12(14(18)20-5)11-17(15(19)16(2,3)4)13-9-7-6-8-10-13/h6-10H,1,11H2,2-5H3. The smallest absolute Gasteiger partial charge is 0.334 e. The van der Waals surface area contributed by atoms with Gasteiger partial charge in [0.05, 0.1) is 13.7 Å². The van der Waals surface area contributed by atoms with E-state index in [0.717, 1.165) is 5.69 Å². The van der Waals surface area contributed by atoms with E-state index in [1.807, 2.05) is 51.1 Å². The van der Waals surface area contributed by atoms with Crippen LogP contribution in [0.2, 0.25) is 0 Å². The number of para-hydroxylation sites is 1. The molecule has 0 aliphatic carbocycles. The Morgan fingerprint density at radius 3 is 2.20 bits per heavy atom. The molecule has 0 saturated heterocycles. The minimum atomic E-state index is -0.549. The van der Waals surface area contributed by atoms with Crippen LogP contribution in [0.5, 0.6) is 0 Å². The maximum Gasteiger partial charge on any atom is 0.334 e. The molecule has 0 unspecified atom stereocenters. The average molecular weight is 275 g/mol. The maximum absolute atomic E-state index is 12.5. The van der Waals surface area contributed by atoms with Crippen molar-refractivity contribution >= 4 is 17.6 Å². The Bertz CT molecular complexity index is 500. The summed E-state index contributed by atoms with van der Waals surface area (Å²) in [6.07, 6.45) is 0. The lowest BCUT2D eigenvalue weighted by molar-refractivity contribution is -0.136. The first-order chi connectivity index (χ1) is 9.27. The number of methoxy groups -OCH3 is 1. The molecule has 4 heteroatoms. The molecular weight excluding hydrogens is 254 g/mol. The molecule has 0 aliphatic heterocycles. The summed E-state index contributed by atoms with van der Waals surface area (Å²) >= 11 is 0. The van der Waals surface area contributed by atoms with E-state index < -0.39 is 11.4 Å². The summed E-state index contributed by atoms with van der Waals surface area (Å²) in [7, 11) is 1.30.